The van der Waals surface area contributed by atoms with Crippen molar-refractivity contribution in [2.75, 3.05) is 6.61 Å². The van der Waals surface area contributed by atoms with Gasteiger partial charge in [-0.3, -0.25) is 0 Å². The molecule has 0 radical (unpaired) electrons. The van der Waals surface area contributed by atoms with Crippen molar-refractivity contribution in [1.29, 1.82) is 0 Å². The minimum Gasteiger partial charge on any atom is -0.370 e. The highest BCUT2D eigenvalue weighted by molar-refractivity contribution is 5.00. The van der Waals surface area contributed by atoms with E-state index in [1.54, 1.807) is 0 Å². The Morgan fingerprint density at radius 3 is 3.09 bits per heavy atom. The van der Waals surface area contributed by atoms with Gasteiger partial charge in [-0.1, -0.05) is 23.8 Å². The van der Waals surface area contributed by atoms with Gasteiger partial charge in [-0.15, -0.1) is 0 Å². The van der Waals surface area contributed by atoms with Crippen LogP contribution in [0, 0.1) is 0 Å². The second-order valence-electron chi connectivity index (χ2n) is 2.99. The fourth-order valence-corrected chi connectivity index (χ4v) is 1.07. The van der Waals surface area contributed by atoms with Crippen LogP contribution >= 0.6 is 0 Å². The molecule has 0 aliphatic heterocycles. The summed E-state index contributed by atoms with van der Waals surface area (Å²) in [4.78, 5) is 0. The zero-order valence-corrected chi connectivity index (χ0v) is 7.34. The first kappa shape index (κ1) is 8.54. The maximum atomic E-state index is 5.60. The fraction of sp³-hybridized carbons (Fsp3) is 0.600. The van der Waals surface area contributed by atoms with Crippen LogP contribution in [0.1, 0.15) is 26.7 Å². The minimum absolute atomic E-state index is 0.380. The Bertz CT molecular complexity index is 168. The molecule has 0 aromatic rings. The summed E-state index contributed by atoms with van der Waals surface area (Å²) in [5, 5.41) is 0. The Morgan fingerprint density at radius 1 is 1.73 bits per heavy atom. The molecule has 11 heavy (non-hydrogen) atoms. The van der Waals surface area contributed by atoms with E-state index in [9.17, 15) is 0 Å². The van der Waals surface area contributed by atoms with Gasteiger partial charge in [0, 0.05) is 0 Å². The van der Waals surface area contributed by atoms with Gasteiger partial charge in [0.2, 0.25) is 0 Å². The molecule has 62 valence electrons. The topological polar surface area (TPSA) is 9.23 Å². The average Bonchev–Trinajstić information content (AvgIpc) is 2.52. The predicted molar refractivity (Wildman–Crippen MR) is 47.5 cm³/mol. The van der Waals surface area contributed by atoms with Crippen LogP contribution < -0.4 is 0 Å². The summed E-state index contributed by atoms with van der Waals surface area (Å²) >= 11 is 0. The number of hydrogen-bond acceptors (Lipinski definition) is 1. The number of hydrogen-bond donors (Lipinski definition) is 0. The molecule has 0 saturated carbocycles. The molecule has 1 nitrogen and oxygen atoms in total. The molecule has 1 aliphatic rings. The summed E-state index contributed by atoms with van der Waals surface area (Å²) < 4.78 is 5.60. The molecule has 0 saturated heterocycles. The van der Waals surface area contributed by atoms with Gasteiger partial charge in [-0.2, -0.15) is 0 Å². The minimum atomic E-state index is 0.380. The van der Waals surface area contributed by atoms with Crippen molar-refractivity contribution >= 4 is 0 Å². The lowest BCUT2D eigenvalue weighted by molar-refractivity contribution is 0.104. The fourth-order valence-electron chi connectivity index (χ4n) is 1.07. The van der Waals surface area contributed by atoms with Crippen LogP contribution in [0.4, 0.5) is 0 Å². The number of ether oxygens (including phenoxy) is 1. The molecule has 0 aromatic heterocycles. The second-order valence-corrected chi connectivity index (χ2v) is 2.99. The van der Waals surface area contributed by atoms with Gasteiger partial charge in [0.25, 0.3) is 0 Å². The van der Waals surface area contributed by atoms with E-state index in [4.69, 9.17) is 4.74 Å². The van der Waals surface area contributed by atoms with Crippen LogP contribution in [0.3, 0.4) is 0 Å². The van der Waals surface area contributed by atoms with Crippen molar-refractivity contribution < 1.29 is 4.74 Å². The largest absolute Gasteiger partial charge is 0.370 e. The van der Waals surface area contributed by atoms with E-state index < -0.39 is 0 Å². The molecule has 0 N–H and O–H groups in total. The Balaban J connectivity index is 2.16. The summed E-state index contributed by atoms with van der Waals surface area (Å²) in [5.41, 5.74) is 1.31. The first-order valence-corrected chi connectivity index (χ1v) is 4.23. The van der Waals surface area contributed by atoms with Crippen molar-refractivity contribution in [3.63, 3.8) is 0 Å². The molecule has 0 spiro atoms. The molecule has 0 bridgehead atoms. The molecule has 0 aromatic carbocycles. The normalized spacial score (nSPS) is 24.5. The number of rotatable bonds is 3. The molecular formula is C10H16O. The van der Waals surface area contributed by atoms with Gasteiger partial charge in [0.1, 0.15) is 0 Å². The monoisotopic (exact) mass is 152 g/mol. The Hall–Kier alpha value is -0.560. The molecular weight excluding hydrogens is 136 g/mol. The van der Waals surface area contributed by atoms with Crippen molar-refractivity contribution in [2.24, 2.45) is 0 Å². The van der Waals surface area contributed by atoms with E-state index in [0.717, 1.165) is 13.0 Å². The SMILES string of the molecule is C/C=C(\C)COC1C=CCC1. The van der Waals surface area contributed by atoms with E-state index in [2.05, 4.69) is 25.2 Å². The van der Waals surface area contributed by atoms with Crippen LogP contribution in [-0.2, 0) is 4.74 Å². The average molecular weight is 152 g/mol. The summed E-state index contributed by atoms with van der Waals surface area (Å²) in [6.07, 6.45) is 9.17. The zero-order valence-electron chi connectivity index (χ0n) is 7.34. The van der Waals surface area contributed by atoms with Crippen LogP contribution in [0.15, 0.2) is 23.8 Å². The van der Waals surface area contributed by atoms with Crippen LogP contribution in [-0.4, -0.2) is 12.7 Å². The van der Waals surface area contributed by atoms with Crippen molar-refractivity contribution in [3.8, 4) is 0 Å². The third-order valence-electron chi connectivity index (χ3n) is 1.99. The van der Waals surface area contributed by atoms with E-state index in [1.807, 2.05) is 6.92 Å². The Labute approximate surface area is 68.8 Å². The first-order valence-electron chi connectivity index (χ1n) is 4.23. The van der Waals surface area contributed by atoms with Crippen molar-refractivity contribution in [1.82, 2.24) is 0 Å². The third-order valence-corrected chi connectivity index (χ3v) is 1.99. The zero-order chi connectivity index (χ0) is 8.10. The van der Waals surface area contributed by atoms with E-state index in [-0.39, 0.29) is 0 Å². The lowest BCUT2D eigenvalue weighted by atomic mass is 10.3. The summed E-state index contributed by atoms with van der Waals surface area (Å²) in [7, 11) is 0. The van der Waals surface area contributed by atoms with Gasteiger partial charge in [0.05, 0.1) is 12.7 Å². The van der Waals surface area contributed by atoms with Crippen LogP contribution in [0.25, 0.3) is 0 Å². The maximum Gasteiger partial charge on any atom is 0.0763 e. The molecule has 0 heterocycles. The Morgan fingerprint density at radius 2 is 2.55 bits per heavy atom. The smallest absolute Gasteiger partial charge is 0.0763 e. The summed E-state index contributed by atoms with van der Waals surface area (Å²) in [5.74, 6) is 0. The highest BCUT2D eigenvalue weighted by Crippen LogP contribution is 2.13. The first-order chi connectivity index (χ1) is 5.33. The molecule has 0 fully saturated rings. The molecule has 1 atom stereocenters. The Kier molecular flexibility index (Phi) is 3.37. The van der Waals surface area contributed by atoms with E-state index in [0.29, 0.717) is 6.10 Å². The molecule has 1 aliphatic carbocycles. The maximum absolute atomic E-state index is 5.60. The molecule has 1 rings (SSSR count). The quantitative estimate of drug-likeness (QED) is 0.565. The van der Waals surface area contributed by atoms with Crippen LogP contribution in [0.5, 0.6) is 0 Å². The van der Waals surface area contributed by atoms with E-state index >= 15 is 0 Å². The van der Waals surface area contributed by atoms with Gasteiger partial charge >= 0.3 is 0 Å². The van der Waals surface area contributed by atoms with Crippen LogP contribution in [0.2, 0.25) is 0 Å². The molecule has 1 unspecified atom stereocenters. The van der Waals surface area contributed by atoms with Gasteiger partial charge in [0.15, 0.2) is 0 Å². The highest BCUT2D eigenvalue weighted by atomic mass is 16.5. The van der Waals surface area contributed by atoms with Crippen molar-refractivity contribution in [3.05, 3.63) is 23.8 Å². The third kappa shape index (κ3) is 2.89. The molecule has 1 heteroatoms. The predicted octanol–water partition coefficient (Wildman–Crippen LogP) is 2.69. The highest BCUT2D eigenvalue weighted by Gasteiger charge is 2.08. The van der Waals surface area contributed by atoms with Gasteiger partial charge < -0.3 is 4.74 Å². The number of allylic oxidation sites excluding steroid dienone is 2. The summed E-state index contributed by atoms with van der Waals surface area (Å²) in [6.45, 7) is 4.92. The van der Waals surface area contributed by atoms with Crippen molar-refractivity contribution in [2.45, 2.75) is 32.8 Å². The van der Waals surface area contributed by atoms with E-state index in [1.165, 1.54) is 12.0 Å². The lowest BCUT2D eigenvalue weighted by Crippen LogP contribution is -2.07. The lowest BCUT2D eigenvalue weighted by Gasteiger charge is -2.09. The standard InChI is InChI=1S/C10H16O/c1-3-9(2)8-11-10-6-4-5-7-10/h3-4,6,10H,5,7-8H2,1-2H3/b9-3+. The second kappa shape index (κ2) is 4.35. The molecule has 0 amide bonds. The summed E-state index contributed by atoms with van der Waals surface area (Å²) in [6, 6.07) is 0. The van der Waals surface area contributed by atoms with Gasteiger partial charge in [-0.25, -0.2) is 0 Å². The van der Waals surface area contributed by atoms with Gasteiger partial charge in [-0.05, 0) is 26.7 Å².